The quantitative estimate of drug-likeness (QED) is 0.721. The molecule has 0 amide bonds. The molecule has 0 radical (unpaired) electrons. The third-order valence-electron chi connectivity index (χ3n) is 2.73. The smallest absolute Gasteiger partial charge is 0.153 e. The average molecular weight is 246 g/mol. The fourth-order valence-electron chi connectivity index (χ4n) is 1.74. The molecule has 2 nitrogen and oxygen atoms in total. The van der Waals surface area contributed by atoms with Crippen molar-refractivity contribution in [3.05, 3.63) is 48.6 Å². The lowest BCUT2D eigenvalue weighted by Gasteiger charge is -2.06. The number of rotatable bonds is 6. The van der Waals surface area contributed by atoms with Crippen molar-refractivity contribution in [3.8, 4) is 0 Å². The second-order valence-electron chi connectivity index (χ2n) is 4.02. The lowest BCUT2D eigenvalue weighted by Crippen LogP contribution is -2.15. The van der Waals surface area contributed by atoms with Crippen molar-refractivity contribution >= 4 is 23.3 Å². The maximum Gasteiger partial charge on any atom is 0.153 e. The molecule has 2 aliphatic carbocycles. The number of allylic oxidation sites excluding steroid dienone is 8. The number of ketones is 2. The van der Waals surface area contributed by atoms with E-state index in [4.69, 9.17) is 0 Å². The molecule has 3 heteroatoms. The molecule has 0 bridgehead atoms. The van der Waals surface area contributed by atoms with Crippen molar-refractivity contribution in [2.45, 2.75) is 0 Å². The Bertz CT molecular complexity index is 366. The summed E-state index contributed by atoms with van der Waals surface area (Å²) in [5, 5.41) is 0. The van der Waals surface area contributed by atoms with Gasteiger partial charge in [0.15, 0.2) is 11.6 Å². The zero-order valence-corrected chi connectivity index (χ0v) is 10.2. The summed E-state index contributed by atoms with van der Waals surface area (Å²) in [4.78, 5) is 23.4. The summed E-state index contributed by atoms with van der Waals surface area (Å²) in [7, 11) is 0. The predicted octanol–water partition coefficient (Wildman–Crippen LogP) is 2.34. The first-order chi connectivity index (χ1) is 8.27. The lowest BCUT2D eigenvalue weighted by molar-refractivity contribution is -0.118. The molecule has 0 aromatic rings. The van der Waals surface area contributed by atoms with E-state index in [-0.39, 0.29) is 23.4 Å². The average Bonchev–Trinajstić information content (AvgIpc) is 3.02. The summed E-state index contributed by atoms with van der Waals surface area (Å²) in [6.07, 6.45) is 15.1. The standard InChI is InChI=1S/C14H14O2S/c15-13(11-5-1-2-6-11)9-17-10-14(16)12-7-3-4-8-12/h1-8,11-12H,9-10H2. The van der Waals surface area contributed by atoms with Crippen LogP contribution in [0, 0.1) is 11.8 Å². The molecule has 0 heterocycles. The molecule has 17 heavy (non-hydrogen) atoms. The number of thioether (sulfide) groups is 1. The normalized spacial score (nSPS) is 18.4. The van der Waals surface area contributed by atoms with E-state index >= 15 is 0 Å². The van der Waals surface area contributed by atoms with Crippen LogP contribution >= 0.6 is 11.8 Å². The van der Waals surface area contributed by atoms with Crippen LogP contribution in [0.5, 0.6) is 0 Å². The fraction of sp³-hybridized carbons (Fsp3) is 0.286. The van der Waals surface area contributed by atoms with Gasteiger partial charge in [0.25, 0.3) is 0 Å². The van der Waals surface area contributed by atoms with Crippen LogP contribution in [0.2, 0.25) is 0 Å². The van der Waals surface area contributed by atoms with Gasteiger partial charge in [-0.25, -0.2) is 0 Å². The van der Waals surface area contributed by atoms with Crippen molar-refractivity contribution < 1.29 is 9.59 Å². The van der Waals surface area contributed by atoms with E-state index in [2.05, 4.69) is 0 Å². The molecule has 2 aliphatic rings. The Hall–Kier alpha value is -1.35. The van der Waals surface area contributed by atoms with Crippen molar-refractivity contribution in [2.75, 3.05) is 11.5 Å². The van der Waals surface area contributed by atoms with E-state index in [1.165, 1.54) is 11.8 Å². The minimum atomic E-state index is -0.0797. The van der Waals surface area contributed by atoms with E-state index in [0.29, 0.717) is 11.5 Å². The summed E-state index contributed by atoms with van der Waals surface area (Å²) in [5.74, 6) is 1.000. The molecule has 2 rings (SSSR count). The molecular formula is C14H14O2S. The Morgan fingerprint density at radius 3 is 1.47 bits per heavy atom. The van der Waals surface area contributed by atoms with Gasteiger partial charge >= 0.3 is 0 Å². The molecule has 0 atom stereocenters. The van der Waals surface area contributed by atoms with Crippen molar-refractivity contribution in [3.63, 3.8) is 0 Å². The molecule has 88 valence electrons. The lowest BCUT2D eigenvalue weighted by atomic mass is 10.1. The largest absolute Gasteiger partial charge is 0.298 e. The predicted molar refractivity (Wildman–Crippen MR) is 70.9 cm³/mol. The van der Waals surface area contributed by atoms with E-state index in [0.717, 1.165) is 0 Å². The Morgan fingerprint density at radius 2 is 1.12 bits per heavy atom. The van der Waals surface area contributed by atoms with Crippen LogP contribution in [0.4, 0.5) is 0 Å². The van der Waals surface area contributed by atoms with Crippen LogP contribution in [0.3, 0.4) is 0 Å². The zero-order valence-electron chi connectivity index (χ0n) is 9.41. The topological polar surface area (TPSA) is 34.1 Å². The molecular weight excluding hydrogens is 232 g/mol. The Kier molecular flexibility index (Phi) is 4.15. The molecule has 0 N–H and O–H groups in total. The van der Waals surface area contributed by atoms with E-state index < -0.39 is 0 Å². The highest BCUT2D eigenvalue weighted by molar-refractivity contribution is 8.00. The van der Waals surface area contributed by atoms with Gasteiger partial charge in [-0.3, -0.25) is 9.59 Å². The van der Waals surface area contributed by atoms with Gasteiger partial charge in [-0.05, 0) is 0 Å². The number of carbonyl (C=O) groups is 2. The molecule has 0 unspecified atom stereocenters. The summed E-state index contributed by atoms with van der Waals surface area (Å²) in [6, 6.07) is 0. The van der Waals surface area contributed by atoms with E-state index in [9.17, 15) is 9.59 Å². The van der Waals surface area contributed by atoms with Crippen molar-refractivity contribution in [1.29, 1.82) is 0 Å². The maximum atomic E-state index is 11.7. The molecule has 0 spiro atoms. The van der Waals surface area contributed by atoms with Crippen LogP contribution in [0.15, 0.2) is 48.6 Å². The van der Waals surface area contributed by atoms with Gasteiger partial charge in [-0.1, -0.05) is 48.6 Å². The maximum absolute atomic E-state index is 11.7. The molecule has 0 saturated heterocycles. The number of Topliss-reactive ketones (excluding diaryl/α,β-unsaturated/α-hetero) is 2. The highest BCUT2D eigenvalue weighted by Gasteiger charge is 2.17. The van der Waals surface area contributed by atoms with Crippen LogP contribution in [0.1, 0.15) is 0 Å². The van der Waals surface area contributed by atoms with Gasteiger partial charge in [0.2, 0.25) is 0 Å². The Morgan fingerprint density at radius 1 is 0.765 bits per heavy atom. The molecule has 0 aromatic carbocycles. The van der Waals surface area contributed by atoms with Gasteiger partial charge in [-0.15, -0.1) is 11.8 Å². The molecule has 0 fully saturated rings. The Labute approximate surface area is 105 Å². The van der Waals surface area contributed by atoms with Crippen LogP contribution < -0.4 is 0 Å². The summed E-state index contributed by atoms with van der Waals surface area (Å²) in [6.45, 7) is 0. The van der Waals surface area contributed by atoms with Gasteiger partial charge in [0.1, 0.15) is 0 Å². The van der Waals surface area contributed by atoms with Crippen molar-refractivity contribution in [1.82, 2.24) is 0 Å². The highest BCUT2D eigenvalue weighted by atomic mass is 32.2. The molecule has 0 aliphatic heterocycles. The monoisotopic (exact) mass is 246 g/mol. The van der Waals surface area contributed by atoms with Gasteiger partial charge in [0, 0.05) is 0 Å². The minimum Gasteiger partial charge on any atom is -0.298 e. The Balaban J connectivity index is 1.69. The SMILES string of the molecule is O=C(CSCC(=O)C1C=CC=C1)C1C=CC=C1. The number of hydrogen-bond donors (Lipinski definition) is 0. The van der Waals surface area contributed by atoms with E-state index in [1.807, 2.05) is 48.6 Å². The summed E-state index contributed by atoms with van der Waals surface area (Å²) >= 11 is 1.41. The molecule has 0 saturated carbocycles. The first kappa shape index (κ1) is 12.1. The third kappa shape index (κ3) is 3.30. The second kappa shape index (κ2) is 5.82. The third-order valence-corrected chi connectivity index (χ3v) is 3.71. The first-order valence-corrected chi connectivity index (χ1v) is 6.76. The van der Waals surface area contributed by atoms with E-state index in [1.54, 1.807) is 0 Å². The van der Waals surface area contributed by atoms with Gasteiger partial charge in [0.05, 0.1) is 23.3 Å². The number of carbonyl (C=O) groups excluding carboxylic acids is 2. The zero-order chi connectivity index (χ0) is 12.1. The summed E-state index contributed by atoms with van der Waals surface area (Å²) < 4.78 is 0. The molecule has 0 aromatic heterocycles. The van der Waals surface area contributed by atoms with Gasteiger partial charge < -0.3 is 0 Å². The van der Waals surface area contributed by atoms with Crippen LogP contribution in [0.25, 0.3) is 0 Å². The fourth-order valence-corrected chi connectivity index (χ4v) is 2.63. The van der Waals surface area contributed by atoms with Crippen LogP contribution in [-0.2, 0) is 9.59 Å². The second-order valence-corrected chi connectivity index (χ2v) is 5.00. The number of hydrogen-bond acceptors (Lipinski definition) is 3. The van der Waals surface area contributed by atoms with Gasteiger partial charge in [-0.2, -0.15) is 0 Å². The summed E-state index contributed by atoms with van der Waals surface area (Å²) in [5.41, 5.74) is 0. The van der Waals surface area contributed by atoms with Crippen LogP contribution in [-0.4, -0.2) is 23.1 Å². The van der Waals surface area contributed by atoms with Crippen molar-refractivity contribution in [2.24, 2.45) is 11.8 Å². The first-order valence-electron chi connectivity index (χ1n) is 5.60. The minimum absolute atomic E-state index is 0.0797. The highest BCUT2D eigenvalue weighted by Crippen LogP contribution is 2.16.